The van der Waals surface area contributed by atoms with Gasteiger partial charge in [0.1, 0.15) is 11.6 Å². The monoisotopic (exact) mass is 273 g/mol. The molecule has 2 unspecified atom stereocenters. The smallest absolute Gasteiger partial charge is 0.150 e. The minimum Gasteiger partial charge on any atom is -0.382 e. The van der Waals surface area contributed by atoms with Crippen LogP contribution in [-0.2, 0) is 0 Å². The standard InChI is InChI=1S/C12H17Cl2N3/c1-3-8-5-4-7(2)17(8)12-10(14)6-9(13)11(15)16-12/h6-8H,3-5H2,1-2H3,(H2,15,16). The summed E-state index contributed by atoms with van der Waals surface area (Å²) in [5.41, 5.74) is 5.76. The fourth-order valence-electron chi connectivity index (χ4n) is 2.51. The molecule has 2 rings (SSSR count). The van der Waals surface area contributed by atoms with Gasteiger partial charge >= 0.3 is 0 Å². The van der Waals surface area contributed by atoms with E-state index in [1.54, 1.807) is 6.07 Å². The third kappa shape index (κ3) is 2.31. The summed E-state index contributed by atoms with van der Waals surface area (Å²) in [7, 11) is 0. The first-order chi connectivity index (χ1) is 8.04. The number of hydrogen-bond donors (Lipinski definition) is 1. The molecule has 0 aromatic carbocycles. The van der Waals surface area contributed by atoms with Crippen molar-refractivity contribution in [3.63, 3.8) is 0 Å². The SMILES string of the molecule is CCC1CCC(C)N1c1nc(N)c(Cl)cc1Cl. The molecule has 1 fully saturated rings. The summed E-state index contributed by atoms with van der Waals surface area (Å²) in [5.74, 6) is 1.12. The Kier molecular flexibility index (Phi) is 3.69. The molecule has 0 bridgehead atoms. The summed E-state index contributed by atoms with van der Waals surface area (Å²) < 4.78 is 0. The maximum absolute atomic E-state index is 6.22. The summed E-state index contributed by atoms with van der Waals surface area (Å²) in [4.78, 5) is 6.62. The molecule has 1 aromatic rings. The Morgan fingerprint density at radius 1 is 1.41 bits per heavy atom. The van der Waals surface area contributed by atoms with Gasteiger partial charge in [-0.2, -0.15) is 0 Å². The number of halogens is 2. The van der Waals surface area contributed by atoms with Crippen molar-refractivity contribution in [1.29, 1.82) is 0 Å². The highest BCUT2D eigenvalue weighted by Crippen LogP contribution is 2.37. The lowest BCUT2D eigenvalue weighted by atomic mass is 10.1. The summed E-state index contributed by atoms with van der Waals surface area (Å²) in [6.07, 6.45) is 3.43. The summed E-state index contributed by atoms with van der Waals surface area (Å²) in [6, 6.07) is 2.62. The largest absolute Gasteiger partial charge is 0.382 e. The summed E-state index contributed by atoms with van der Waals surface area (Å²) >= 11 is 12.1. The van der Waals surface area contributed by atoms with E-state index < -0.39 is 0 Å². The van der Waals surface area contributed by atoms with E-state index in [4.69, 9.17) is 28.9 Å². The van der Waals surface area contributed by atoms with Gasteiger partial charge in [0.25, 0.3) is 0 Å². The summed E-state index contributed by atoms with van der Waals surface area (Å²) in [6.45, 7) is 4.38. The molecule has 1 aromatic heterocycles. The van der Waals surface area contributed by atoms with E-state index in [-0.39, 0.29) is 0 Å². The first kappa shape index (κ1) is 12.8. The number of nitrogen functional groups attached to an aromatic ring is 1. The Labute approximate surface area is 112 Å². The molecule has 1 saturated heterocycles. The Bertz CT molecular complexity index is 422. The molecule has 0 spiro atoms. The Balaban J connectivity index is 2.42. The van der Waals surface area contributed by atoms with Crippen molar-refractivity contribution in [2.75, 3.05) is 10.6 Å². The van der Waals surface area contributed by atoms with Crippen molar-refractivity contribution >= 4 is 34.8 Å². The molecule has 2 atom stereocenters. The van der Waals surface area contributed by atoms with Gasteiger partial charge in [-0.25, -0.2) is 4.98 Å². The number of nitrogens with zero attached hydrogens (tertiary/aromatic N) is 2. The highest BCUT2D eigenvalue weighted by molar-refractivity contribution is 6.37. The average Bonchev–Trinajstić information content (AvgIpc) is 2.65. The van der Waals surface area contributed by atoms with Crippen molar-refractivity contribution < 1.29 is 0 Å². The van der Waals surface area contributed by atoms with Gasteiger partial charge in [-0.3, -0.25) is 0 Å². The van der Waals surface area contributed by atoms with Crippen LogP contribution in [0.3, 0.4) is 0 Å². The Hall–Kier alpha value is -0.670. The molecule has 0 aliphatic carbocycles. The number of pyridine rings is 1. The lowest BCUT2D eigenvalue weighted by Gasteiger charge is -2.30. The lowest BCUT2D eigenvalue weighted by Crippen LogP contribution is -2.35. The topological polar surface area (TPSA) is 42.2 Å². The number of rotatable bonds is 2. The van der Waals surface area contributed by atoms with Crippen molar-refractivity contribution in [3.05, 3.63) is 16.1 Å². The first-order valence-electron chi connectivity index (χ1n) is 5.94. The molecule has 3 nitrogen and oxygen atoms in total. The fourth-order valence-corrected chi connectivity index (χ4v) is 2.96. The highest BCUT2D eigenvalue weighted by atomic mass is 35.5. The summed E-state index contributed by atoms with van der Waals surface area (Å²) in [5, 5.41) is 0.995. The van der Waals surface area contributed by atoms with Crippen molar-refractivity contribution in [1.82, 2.24) is 4.98 Å². The van der Waals surface area contributed by atoms with E-state index in [0.717, 1.165) is 12.2 Å². The molecule has 94 valence electrons. The molecular weight excluding hydrogens is 257 g/mol. The third-order valence-electron chi connectivity index (χ3n) is 3.44. The second-order valence-corrected chi connectivity index (χ2v) is 5.37. The maximum atomic E-state index is 6.22. The van der Waals surface area contributed by atoms with Crippen molar-refractivity contribution in [2.24, 2.45) is 0 Å². The highest BCUT2D eigenvalue weighted by Gasteiger charge is 2.31. The molecule has 5 heteroatoms. The predicted molar refractivity (Wildman–Crippen MR) is 73.9 cm³/mol. The molecule has 0 radical (unpaired) electrons. The van der Waals surface area contributed by atoms with Crippen LogP contribution in [0.1, 0.15) is 33.1 Å². The molecule has 0 saturated carbocycles. The lowest BCUT2D eigenvalue weighted by molar-refractivity contribution is 0.621. The number of anilines is 2. The molecular formula is C12H17Cl2N3. The van der Waals surface area contributed by atoms with Crippen LogP contribution in [0.5, 0.6) is 0 Å². The number of nitrogens with two attached hydrogens (primary N) is 1. The first-order valence-corrected chi connectivity index (χ1v) is 6.70. The molecule has 17 heavy (non-hydrogen) atoms. The van der Waals surface area contributed by atoms with Gasteiger partial charge < -0.3 is 10.6 Å². The normalized spacial score (nSPS) is 24.4. The van der Waals surface area contributed by atoms with Crippen LogP contribution in [0, 0.1) is 0 Å². The third-order valence-corrected chi connectivity index (χ3v) is 4.02. The van der Waals surface area contributed by atoms with Gasteiger partial charge in [0, 0.05) is 12.1 Å². The molecule has 2 N–H and O–H groups in total. The van der Waals surface area contributed by atoms with E-state index in [9.17, 15) is 0 Å². The van der Waals surface area contributed by atoms with Crippen LogP contribution in [-0.4, -0.2) is 17.1 Å². The fraction of sp³-hybridized carbons (Fsp3) is 0.583. The van der Waals surface area contributed by atoms with Crippen LogP contribution >= 0.6 is 23.2 Å². The van der Waals surface area contributed by atoms with Gasteiger partial charge in [0.15, 0.2) is 0 Å². The van der Waals surface area contributed by atoms with E-state index in [2.05, 4.69) is 23.7 Å². The minimum atomic E-state index is 0.347. The van der Waals surface area contributed by atoms with Gasteiger partial charge in [0.05, 0.1) is 10.0 Å². The van der Waals surface area contributed by atoms with Gasteiger partial charge in [0.2, 0.25) is 0 Å². The van der Waals surface area contributed by atoms with E-state index >= 15 is 0 Å². The zero-order valence-electron chi connectivity index (χ0n) is 10.1. The van der Waals surface area contributed by atoms with Gasteiger partial charge in [-0.1, -0.05) is 30.1 Å². The zero-order valence-corrected chi connectivity index (χ0v) is 11.6. The molecule has 2 heterocycles. The quantitative estimate of drug-likeness (QED) is 0.893. The van der Waals surface area contributed by atoms with E-state index in [1.807, 2.05) is 0 Å². The zero-order chi connectivity index (χ0) is 12.6. The van der Waals surface area contributed by atoms with E-state index in [0.29, 0.717) is 27.9 Å². The Morgan fingerprint density at radius 2 is 2.12 bits per heavy atom. The van der Waals surface area contributed by atoms with Gasteiger partial charge in [-0.15, -0.1) is 0 Å². The molecule has 1 aliphatic heterocycles. The van der Waals surface area contributed by atoms with Crippen LogP contribution in [0.2, 0.25) is 10.0 Å². The minimum absolute atomic E-state index is 0.347. The molecule has 0 amide bonds. The number of hydrogen-bond acceptors (Lipinski definition) is 3. The second kappa shape index (κ2) is 4.91. The van der Waals surface area contributed by atoms with Crippen LogP contribution in [0.15, 0.2) is 6.07 Å². The Morgan fingerprint density at radius 3 is 2.76 bits per heavy atom. The maximum Gasteiger partial charge on any atom is 0.150 e. The van der Waals surface area contributed by atoms with Crippen molar-refractivity contribution in [3.8, 4) is 0 Å². The van der Waals surface area contributed by atoms with Crippen LogP contribution in [0.25, 0.3) is 0 Å². The number of aromatic nitrogens is 1. The second-order valence-electron chi connectivity index (χ2n) is 4.56. The van der Waals surface area contributed by atoms with Crippen LogP contribution < -0.4 is 10.6 Å². The van der Waals surface area contributed by atoms with E-state index in [1.165, 1.54) is 12.8 Å². The van der Waals surface area contributed by atoms with Gasteiger partial charge in [-0.05, 0) is 32.3 Å². The predicted octanol–water partition coefficient (Wildman–Crippen LogP) is 3.74. The van der Waals surface area contributed by atoms with Crippen molar-refractivity contribution in [2.45, 2.75) is 45.2 Å². The molecule has 1 aliphatic rings. The average molecular weight is 274 g/mol. The van der Waals surface area contributed by atoms with Crippen LogP contribution in [0.4, 0.5) is 11.6 Å².